The predicted octanol–water partition coefficient (Wildman–Crippen LogP) is 3.10. The molecule has 1 amide bonds. The van der Waals surface area contributed by atoms with Crippen LogP contribution in [0.15, 0.2) is 12.2 Å². The molecule has 0 spiro atoms. The van der Waals surface area contributed by atoms with Crippen molar-refractivity contribution in [2.75, 3.05) is 6.61 Å². The van der Waals surface area contributed by atoms with Gasteiger partial charge in [-0.05, 0) is 27.7 Å². The van der Waals surface area contributed by atoms with Gasteiger partial charge in [-0.1, -0.05) is 6.58 Å². The number of nitrogens with zero attached hydrogens (tertiary/aromatic N) is 1. The molecule has 0 aliphatic heterocycles. The second-order valence-electron chi connectivity index (χ2n) is 7.07. The van der Waals surface area contributed by atoms with Crippen LogP contribution >= 0.6 is 0 Å². The number of carbonyl (C=O) groups excluding carboxylic acids is 2. The van der Waals surface area contributed by atoms with E-state index < -0.39 is 76.1 Å². The van der Waals surface area contributed by atoms with Crippen LogP contribution in [0.4, 0.5) is 35.1 Å². The predicted molar refractivity (Wildman–Crippen MR) is 92.4 cm³/mol. The molecule has 0 radical (unpaired) electrons. The number of halogens is 8. The summed E-state index contributed by atoms with van der Waals surface area (Å²) < 4.78 is 146. The van der Waals surface area contributed by atoms with Crippen LogP contribution in [0.2, 0.25) is 0 Å². The maximum Gasteiger partial charge on any atom is 0.466 e. The normalized spacial score (nSPS) is 15.4. The average Bonchev–Trinajstić information content (AvgIpc) is 2.56. The molecule has 0 aromatic rings. The van der Waals surface area contributed by atoms with Crippen LogP contribution in [0.25, 0.3) is 0 Å². The van der Waals surface area contributed by atoms with Gasteiger partial charge in [-0.15, -0.1) is 0 Å². The zero-order valence-electron chi connectivity index (χ0n) is 17.5. The summed E-state index contributed by atoms with van der Waals surface area (Å²) in [4.78, 5) is 24.9. The zero-order valence-corrected chi connectivity index (χ0v) is 18.3. The van der Waals surface area contributed by atoms with E-state index in [0.29, 0.717) is 4.90 Å². The van der Waals surface area contributed by atoms with Gasteiger partial charge in [-0.25, -0.2) is 13.2 Å². The van der Waals surface area contributed by atoms with Crippen LogP contribution in [-0.2, 0) is 29.2 Å². The van der Waals surface area contributed by atoms with E-state index >= 15 is 0 Å². The molecule has 0 aliphatic carbocycles. The van der Waals surface area contributed by atoms with Crippen molar-refractivity contribution in [3.05, 3.63) is 12.2 Å². The molecule has 194 valence electrons. The van der Waals surface area contributed by atoms with Crippen molar-refractivity contribution < 1.29 is 67.2 Å². The number of esters is 1. The highest BCUT2D eigenvalue weighted by atomic mass is 32.2. The van der Waals surface area contributed by atoms with Crippen molar-refractivity contribution in [3.8, 4) is 0 Å². The third kappa shape index (κ3) is 7.23. The summed E-state index contributed by atoms with van der Waals surface area (Å²) >= 11 is 0. The maximum absolute atomic E-state index is 14.0. The molecule has 0 bridgehead atoms. The molecular weight excluding hydrogens is 502 g/mol. The lowest BCUT2D eigenvalue weighted by atomic mass is 10.1. The second-order valence-corrected chi connectivity index (χ2v) is 8.58. The Morgan fingerprint density at radius 3 is 1.70 bits per heavy atom. The van der Waals surface area contributed by atoms with Gasteiger partial charge < -0.3 is 18.9 Å². The van der Waals surface area contributed by atoms with Crippen LogP contribution in [0, 0.1) is 0 Å². The van der Waals surface area contributed by atoms with Gasteiger partial charge in [0.05, 0.1) is 6.61 Å². The standard InChI is InChI=1S/C16H21F8NO7S/c1-8(2)25(9(3)4)12(27)14(16(22,23)24,32-11(26)10(5)15(19,20)21)31-7-6-13(17,18)33(28,29)30/h8-9H,5-7H2,1-4H3,(H,28,29,30)/p-1. The lowest BCUT2D eigenvalue weighted by molar-refractivity contribution is -0.353. The molecule has 0 saturated heterocycles. The first-order valence-corrected chi connectivity index (χ1v) is 10.2. The third-order valence-corrected chi connectivity index (χ3v) is 4.83. The van der Waals surface area contributed by atoms with Crippen LogP contribution < -0.4 is 0 Å². The van der Waals surface area contributed by atoms with Gasteiger partial charge in [-0.3, -0.25) is 4.79 Å². The van der Waals surface area contributed by atoms with Gasteiger partial charge in [0.15, 0.2) is 10.1 Å². The number of amides is 1. The lowest BCUT2D eigenvalue weighted by Gasteiger charge is -2.40. The van der Waals surface area contributed by atoms with Crippen molar-refractivity contribution in [2.45, 2.75) is 69.6 Å². The van der Waals surface area contributed by atoms with E-state index in [1.807, 2.05) is 0 Å². The van der Waals surface area contributed by atoms with Crippen molar-refractivity contribution >= 4 is 22.0 Å². The van der Waals surface area contributed by atoms with Gasteiger partial charge in [0.2, 0.25) is 0 Å². The molecule has 1 atom stereocenters. The van der Waals surface area contributed by atoms with E-state index in [1.165, 1.54) is 27.7 Å². The fourth-order valence-electron chi connectivity index (χ4n) is 2.38. The monoisotopic (exact) mass is 522 g/mol. The Kier molecular flexibility index (Phi) is 9.47. The smallest absolute Gasteiger partial charge is 0.466 e. The van der Waals surface area contributed by atoms with Gasteiger partial charge in [-0.2, -0.15) is 35.1 Å². The molecule has 0 saturated carbocycles. The van der Waals surface area contributed by atoms with Gasteiger partial charge >= 0.3 is 35.3 Å². The molecule has 0 aliphatic rings. The quantitative estimate of drug-likeness (QED) is 0.142. The summed E-state index contributed by atoms with van der Waals surface area (Å²) in [6, 6.07) is -2.20. The Morgan fingerprint density at radius 2 is 1.39 bits per heavy atom. The highest BCUT2D eigenvalue weighted by Gasteiger charge is 2.68. The summed E-state index contributed by atoms with van der Waals surface area (Å²) in [6.45, 7) is 4.88. The SMILES string of the molecule is C=C(C(=O)OC(OCCC(F)(F)S(=O)(=O)[O-])(C(=O)N(C(C)C)C(C)C)C(F)(F)F)C(F)(F)F. The number of alkyl halides is 8. The number of ether oxygens (including phenoxy) is 2. The van der Waals surface area contributed by atoms with E-state index in [2.05, 4.69) is 16.1 Å². The minimum Gasteiger partial charge on any atom is -0.743 e. The van der Waals surface area contributed by atoms with E-state index in [0.717, 1.165) is 0 Å². The molecule has 0 aromatic heterocycles. The minimum absolute atomic E-state index is 0.375. The first-order chi connectivity index (χ1) is 14.4. The fourth-order valence-corrected chi connectivity index (χ4v) is 2.71. The molecule has 0 heterocycles. The van der Waals surface area contributed by atoms with E-state index in [4.69, 9.17) is 0 Å². The fraction of sp³-hybridized carbons (Fsp3) is 0.750. The summed E-state index contributed by atoms with van der Waals surface area (Å²) in [6.07, 6.45) is -14.0. The number of hydrogen-bond donors (Lipinski definition) is 0. The van der Waals surface area contributed by atoms with Crippen molar-refractivity contribution in [1.29, 1.82) is 0 Å². The summed E-state index contributed by atoms with van der Waals surface area (Å²) in [5.41, 5.74) is -2.49. The number of rotatable bonds is 10. The first-order valence-electron chi connectivity index (χ1n) is 8.78. The second kappa shape index (κ2) is 10.1. The van der Waals surface area contributed by atoms with Crippen LogP contribution in [0.3, 0.4) is 0 Å². The molecule has 8 nitrogen and oxygen atoms in total. The van der Waals surface area contributed by atoms with E-state index in [-0.39, 0.29) is 0 Å². The highest BCUT2D eigenvalue weighted by Crippen LogP contribution is 2.40. The van der Waals surface area contributed by atoms with Crippen LogP contribution in [0.5, 0.6) is 0 Å². The Hall–Kier alpha value is -2.01. The minimum atomic E-state index is -6.39. The molecule has 1 unspecified atom stereocenters. The molecule has 0 fully saturated rings. The molecular formula is C16H20F8NO7S-. The van der Waals surface area contributed by atoms with Gasteiger partial charge in [0, 0.05) is 18.5 Å². The zero-order chi connectivity index (χ0) is 26.8. The average molecular weight is 522 g/mol. The molecule has 0 aromatic carbocycles. The Balaban J connectivity index is 6.59. The largest absolute Gasteiger partial charge is 0.743 e. The number of hydrogen-bond acceptors (Lipinski definition) is 7. The van der Waals surface area contributed by atoms with E-state index in [1.54, 1.807) is 0 Å². The first kappa shape index (κ1) is 31.0. The van der Waals surface area contributed by atoms with Crippen LogP contribution in [0.1, 0.15) is 34.1 Å². The molecule has 0 rings (SSSR count). The highest BCUT2D eigenvalue weighted by molar-refractivity contribution is 7.86. The third-order valence-electron chi connectivity index (χ3n) is 3.89. The lowest BCUT2D eigenvalue weighted by Crippen LogP contribution is -2.64. The van der Waals surface area contributed by atoms with Crippen LogP contribution in [-0.4, -0.2) is 71.8 Å². The Bertz CT molecular complexity index is 844. The maximum atomic E-state index is 14.0. The molecule has 33 heavy (non-hydrogen) atoms. The van der Waals surface area contributed by atoms with Gasteiger partial charge in [0.25, 0.3) is 0 Å². The molecule has 0 N–H and O–H groups in total. The summed E-state index contributed by atoms with van der Waals surface area (Å²) in [5, 5.41) is -5.18. The van der Waals surface area contributed by atoms with E-state index in [9.17, 15) is 57.7 Å². The Labute approximate surface area is 183 Å². The number of carbonyl (C=O) groups is 2. The summed E-state index contributed by atoms with van der Waals surface area (Å²) in [5.74, 6) is -10.0. The van der Waals surface area contributed by atoms with Crippen molar-refractivity contribution in [2.24, 2.45) is 0 Å². The summed E-state index contributed by atoms with van der Waals surface area (Å²) in [7, 11) is -6.39. The van der Waals surface area contributed by atoms with Crippen molar-refractivity contribution in [3.63, 3.8) is 0 Å². The van der Waals surface area contributed by atoms with Gasteiger partial charge in [0.1, 0.15) is 5.57 Å². The van der Waals surface area contributed by atoms with Crippen molar-refractivity contribution in [1.82, 2.24) is 4.90 Å². The Morgan fingerprint density at radius 1 is 0.970 bits per heavy atom. The molecule has 17 heteroatoms. The topological polar surface area (TPSA) is 113 Å².